The van der Waals surface area contributed by atoms with E-state index >= 15 is 0 Å². The van der Waals surface area contributed by atoms with Crippen molar-refractivity contribution in [3.8, 4) is 11.3 Å². The molecule has 1 heterocycles. The van der Waals surface area contributed by atoms with Crippen LogP contribution in [0.1, 0.15) is 22.8 Å². The van der Waals surface area contributed by atoms with Crippen molar-refractivity contribution in [2.75, 3.05) is 11.0 Å². The number of hydrazone groups is 1. The van der Waals surface area contributed by atoms with Gasteiger partial charge in [-0.15, -0.1) is 0 Å². The summed E-state index contributed by atoms with van der Waals surface area (Å²) in [4.78, 5) is 17.8. The van der Waals surface area contributed by atoms with Gasteiger partial charge in [0.05, 0.1) is 28.7 Å². The number of anilines is 1. The largest absolute Gasteiger partial charge is 0.284 e. The number of amides is 1. The summed E-state index contributed by atoms with van der Waals surface area (Å²) in [5, 5.41) is 5.45. The molecule has 1 aromatic heterocycles. The highest BCUT2D eigenvalue weighted by Gasteiger charge is 2.15. The van der Waals surface area contributed by atoms with E-state index < -0.39 is 15.9 Å². The number of fused-ring (bicyclic) bond motifs is 1. The van der Waals surface area contributed by atoms with E-state index in [-0.39, 0.29) is 0 Å². The van der Waals surface area contributed by atoms with Crippen molar-refractivity contribution in [2.45, 2.75) is 6.92 Å². The molecule has 0 bridgehead atoms. The topological polar surface area (TPSA) is 101 Å². The molecule has 2 N–H and O–H groups in total. The predicted molar refractivity (Wildman–Crippen MR) is 137 cm³/mol. The maximum Gasteiger partial charge on any atom is 0.272 e. The second-order valence-corrected chi connectivity index (χ2v) is 9.80. The van der Waals surface area contributed by atoms with Gasteiger partial charge < -0.3 is 0 Å². The second kappa shape index (κ2) is 9.62. The molecule has 34 heavy (non-hydrogen) atoms. The Bertz CT molecular complexity index is 1530. The molecule has 0 saturated heterocycles. The lowest BCUT2D eigenvalue weighted by Gasteiger charge is -2.10. The highest BCUT2D eigenvalue weighted by molar-refractivity contribution is 7.92. The fraction of sp³-hybridized carbons (Fsp3) is 0.0800. The summed E-state index contributed by atoms with van der Waals surface area (Å²) in [6.07, 6.45) is 1.08. The molecule has 0 saturated carbocycles. The number of aromatic nitrogens is 1. The van der Waals surface area contributed by atoms with Crippen LogP contribution in [0.15, 0.2) is 84.0 Å². The number of carbonyl (C=O) groups is 1. The Morgan fingerprint density at radius 2 is 1.71 bits per heavy atom. The molecule has 4 rings (SSSR count). The van der Waals surface area contributed by atoms with Crippen LogP contribution in [0, 0.1) is 0 Å². The average Bonchev–Trinajstić information content (AvgIpc) is 2.81. The maximum atomic E-state index is 13.1. The minimum Gasteiger partial charge on any atom is -0.284 e. The molecule has 0 fully saturated rings. The third kappa shape index (κ3) is 5.41. The van der Waals surface area contributed by atoms with Crippen LogP contribution in [0.25, 0.3) is 22.2 Å². The standard InChI is InChI=1S/C25H21ClN4O3S/c1-16(17-8-7-9-18(14-17)30-34(2,32)33)28-29-25(31)21-15-24(20-11-3-5-12-22(20)26)27-23-13-6-4-10-19(21)23/h3-15,30H,1-2H3,(H,29,31). The Balaban J connectivity index is 1.66. The first-order chi connectivity index (χ1) is 16.2. The molecule has 0 aliphatic carbocycles. The number of sulfonamides is 1. The van der Waals surface area contributed by atoms with Gasteiger partial charge in [0.1, 0.15) is 0 Å². The van der Waals surface area contributed by atoms with E-state index in [2.05, 4.69) is 20.2 Å². The number of nitrogens with one attached hydrogen (secondary N) is 2. The lowest BCUT2D eigenvalue weighted by Crippen LogP contribution is -2.20. The quantitative estimate of drug-likeness (QED) is 0.289. The van der Waals surface area contributed by atoms with Gasteiger partial charge in [-0.1, -0.05) is 60.1 Å². The van der Waals surface area contributed by atoms with Crippen molar-refractivity contribution in [1.29, 1.82) is 0 Å². The zero-order valence-electron chi connectivity index (χ0n) is 18.4. The number of hydrogen-bond acceptors (Lipinski definition) is 5. The van der Waals surface area contributed by atoms with E-state index in [4.69, 9.17) is 11.6 Å². The van der Waals surface area contributed by atoms with Crippen molar-refractivity contribution < 1.29 is 13.2 Å². The third-order valence-corrected chi connectivity index (χ3v) is 5.96. The monoisotopic (exact) mass is 492 g/mol. The minimum absolute atomic E-state index is 0.406. The zero-order chi connectivity index (χ0) is 24.3. The number of nitrogens with zero attached hydrogens (tertiary/aromatic N) is 2. The van der Waals surface area contributed by atoms with Gasteiger partial charge in [-0.25, -0.2) is 18.8 Å². The van der Waals surface area contributed by atoms with Crippen molar-refractivity contribution >= 4 is 49.8 Å². The number of para-hydroxylation sites is 1. The number of pyridine rings is 1. The molecule has 0 aliphatic heterocycles. The molecule has 4 aromatic rings. The van der Waals surface area contributed by atoms with E-state index in [0.717, 1.165) is 11.8 Å². The minimum atomic E-state index is -3.41. The lowest BCUT2D eigenvalue weighted by molar-refractivity contribution is 0.0956. The average molecular weight is 493 g/mol. The molecule has 172 valence electrons. The van der Waals surface area contributed by atoms with Crippen LogP contribution in [-0.2, 0) is 10.0 Å². The van der Waals surface area contributed by atoms with Gasteiger partial charge in [0.25, 0.3) is 5.91 Å². The van der Waals surface area contributed by atoms with Crippen LogP contribution in [-0.4, -0.2) is 31.3 Å². The van der Waals surface area contributed by atoms with Gasteiger partial charge in [-0.05, 0) is 42.8 Å². The Labute approximate surface area is 202 Å². The van der Waals surface area contributed by atoms with Crippen molar-refractivity contribution in [3.05, 3.63) is 95.0 Å². The molecule has 9 heteroatoms. The van der Waals surface area contributed by atoms with Crippen LogP contribution < -0.4 is 10.1 Å². The predicted octanol–water partition coefficient (Wildman–Crippen LogP) is 5.08. The third-order valence-electron chi connectivity index (χ3n) is 5.02. The Morgan fingerprint density at radius 3 is 2.47 bits per heavy atom. The number of hydrogen-bond donors (Lipinski definition) is 2. The zero-order valence-corrected chi connectivity index (χ0v) is 20.0. The van der Waals surface area contributed by atoms with Gasteiger partial charge in [-0.3, -0.25) is 9.52 Å². The molecular formula is C25H21ClN4O3S. The SMILES string of the molecule is CC(=NNC(=O)c1cc(-c2ccccc2Cl)nc2ccccc12)c1cccc(NS(C)(=O)=O)c1. The van der Waals surface area contributed by atoms with E-state index in [1.807, 2.05) is 42.5 Å². The highest BCUT2D eigenvalue weighted by atomic mass is 35.5. The Hall–Kier alpha value is -3.75. The lowest BCUT2D eigenvalue weighted by atomic mass is 10.0. The molecule has 0 aliphatic rings. The summed E-state index contributed by atoms with van der Waals surface area (Å²) >= 11 is 6.36. The van der Waals surface area contributed by atoms with E-state index in [1.165, 1.54) is 0 Å². The molecule has 0 radical (unpaired) electrons. The summed E-state index contributed by atoms with van der Waals surface area (Å²) in [5.41, 5.74) is 6.54. The van der Waals surface area contributed by atoms with Gasteiger partial charge >= 0.3 is 0 Å². The molecule has 0 atom stereocenters. The number of rotatable bonds is 6. The normalized spacial score (nSPS) is 11.9. The first-order valence-electron chi connectivity index (χ1n) is 10.3. The number of benzene rings is 3. The van der Waals surface area contributed by atoms with Crippen LogP contribution in [0.4, 0.5) is 5.69 Å². The summed E-state index contributed by atoms with van der Waals surface area (Å²) in [6, 6.07) is 23.1. The van der Waals surface area contributed by atoms with Crippen LogP contribution in [0.2, 0.25) is 5.02 Å². The molecule has 0 spiro atoms. The molecule has 7 nitrogen and oxygen atoms in total. The smallest absolute Gasteiger partial charge is 0.272 e. The summed E-state index contributed by atoms with van der Waals surface area (Å²) in [5.74, 6) is -0.406. The Morgan fingerprint density at radius 1 is 0.971 bits per heavy atom. The van der Waals surface area contributed by atoms with Gasteiger partial charge in [0.15, 0.2) is 0 Å². The van der Waals surface area contributed by atoms with E-state index in [0.29, 0.717) is 44.1 Å². The molecule has 3 aromatic carbocycles. The van der Waals surface area contributed by atoms with Crippen molar-refractivity contribution in [2.24, 2.45) is 5.10 Å². The summed E-state index contributed by atoms with van der Waals surface area (Å²) in [6.45, 7) is 1.72. The van der Waals surface area contributed by atoms with E-state index in [9.17, 15) is 13.2 Å². The van der Waals surface area contributed by atoms with Crippen molar-refractivity contribution in [3.63, 3.8) is 0 Å². The van der Waals surface area contributed by atoms with Gasteiger partial charge in [0.2, 0.25) is 10.0 Å². The van der Waals surface area contributed by atoms with E-state index in [1.54, 1.807) is 43.3 Å². The van der Waals surface area contributed by atoms with Crippen LogP contribution in [0.3, 0.4) is 0 Å². The molecule has 0 unspecified atom stereocenters. The number of carbonyl (C=O) groups excluding carboxylic acids is 1. The van der Waals surface area contributed by atoms with Gasteiger partial charge in [0, 0.05) is 21.7 Å². The van der Waals surface area contributed by atoms with Crippen LogP contribution in [0.5, 0.6) is 0 Å². The first-order valence-corrected chi connectivity index (χ1v) is 12.6. The first kappa shape index (κ1) is 23.4. The second-order valence-electron chi connectivity index (χ2n) is 7.65. The van der Waals surface area contributed by atoms with Crippen molar-refractivity contribution in [1.82, 2.24) is 10.4 Å². The fourth-order valence-corrected chi connectivity index (χ4v) is 4.24. The summed E-state index contributed by atoms with van der Waals surface area (Å²) < 4.78 is 25.4. The summed E-state index contributed by atoms with van der Waals surface area (Å²) in [7, 11) is -3.41. The highest BCUT2D eigenvalue weighted by Crippen LogP contribution is 2.29. The fourth-order valence-electron chi connectivity index (χ4n) is 3.45. The molecule has 1 amide bonds. The van der Waals surface area contributed by atoms with Crippen LogP contribution >= 0.6 is 11.6 Å². The number of halogens is 1. The maximum absolute atomic E-state index is 13.1. The Kier molecular flexibility index (Phi) is 6.63. The molecular weight excluding hydrogens is 472 g/mol. The van der Waals surface area contributed by atoms with Gasteiger partial charge in [-0.2, -0.15) is 5.10 Å².